The van der Waals surface area contributed by atoms with Gasteiger partial charge < -0.3 is 9.08 Å². The molecular weight excluding hydrogens is 429 g/mol. The number of nitrogens with zero attached hydrogens (tertiary/aromatic N) is 2. The van der Waals surface area contributed by atoms with E-state index in [2.05, 4.69) is 4.18 Å². The lowest BCUT2D eigenvalue weighted by Gasteiger charge is -2.30. The molecule has 0 fully saturated rings. The van der Waals surface area contributed by atoms with E-state index in [1.165, 1.54) is 12.1 Å². The predicted molar refractivity (Wildman–Crippen MR) is 113 cm³/mol. The molecule has 1 aliphatic rings. The molecule has 0 spiro atoms. The summed E-state index contributed by atoms with van der Waals surface area (Å²) >= 11 is 0. The molecule has 5 rings (SSSR count). The van der Waals surface area contributed by atoms with Gasteiger partial charge in [-0.1, -0.05) is 29.8 Å². The van der Waals surface area contributed by atoms with Crippen LogP contribution in [0.15, 0.2) is 54.6 Å². The SMILES string of the molecule is Cc1ccc2nc3c4c(cc(OS(=O)(=O)C(F)(F)F)cc4c2c1)N(C)c1ccccc1-3. The first kappa shape index (κ1) is 19.6. The largest absolute Gasteiger partial charge is 0.534 e. The maximum Gasteiger partial charge on any atom is 0.534 e. The molecular formula is C22H15F3N2O3S. The third-order valence-electron chi connectivity index (χ3n) is 5.37. The van der Waals surface area contributed by atoms with Crippen LogP contribution in [0.25, 0.3) is 32.9 Å². The predicted octanol–water partition coefficient (Wildman–Crippen LogP) is 5.67. The highest BCUT2D eigenvalue weighted by Crippen LogP contribution is 2.49. The summed E-state index contributed by atoms with van der Waals surface area (Å²) in [7, 11) is -4.05. The quantitative estimate of drug-likeness (QED) is 0.226. The number of hydrogen-bond acceptors (Lipinski definition) is 5. The second-order valence-corrected chi connectivity index (χ2v) is 8.94. The van der Waals surface area contributed by atoms with Crippen molar-refractivity contribution in [1.82, 2.24) is 4.98 Å². The number of halogens is 3. The molecule has 0 aliphatic carbocycles. The number of benzene rings is 3. The second-order valence-electron chi connectivity index (χ2n) is 7.41. The first-order chi connectivity index (χ1) is 14.6. The van der Waals surface area contributed by atoms with Gasteiger partial charge in [-0.25, -0.2) is 4.98 Å². The lowest BCUT2D eigenvalue weighted by molar-refractivity contribution is -0.0500. The molecule has 0 N–H and O–H groups in total. The highest BCUT2D eigenvalue weighted by atomic mass is 32.2. The number of hydrogen-bond donors (Lipinski definition) is 0. The molecule has 0 amide bonds. The maximum atomic E-state index is 12.9. The van der Waals surface area contributed by atoms with Crippen LogP contribution in [0, 0.1) is 6.92 Å². The highest BCUT2D eigenvalue weighted by molar-refractivity contribution is 7.88. The Morgan fingerprint density at radius 2 is 1.71 bits per heavy atom. The number of aromatic nitrogens is 1. The summed E-state index contributed by atoms with van der Waals surface area (Å²) in [6.07, 6.45) is 0. The van der Waals surface area contributed by atoms with E-state index >= 15 is 0 Å². The van der Waals surface area contributed by atoms with Crippen molar-refractivity contribution < 1.29 is 25.8 Å². The van der Waals surface area contributed by atoms with Gasteiger partial charge in [-0.05, 0) is 36.6 Å². The van der Waals surface area contributed by atoms with Gasteiger partial charge in [0.2, 0.25) is 0 Å². The van der Waals surface area contributed by atoms with Crippen LogP contribution in [0.5, 0.6) is 5.75 Å². The summed E-state index contributed by atoms with van der Waals surface area (Å²) in [5.74, 6) is -0.411. The van der Waals surface area contributed by atoms with E-state index in [0.717, 1.165) is 22.2 Å². The smallest absolute Gasteiger partial charge is 0.376 e. The molecule has 0 saturated carbocycles. The molecule has 31 heavy (non-hydrogen) atoms. The number of para-hydroxylation sites is 1. The molecule has 4 aromatic rings. The molecule has 9 heteroatoms. The number of alkyl halides is 3. The Bertz CT molecular complexity index is 1500. The fourth-order valence-electron chi connectivity index (χ4n) is 3.98. The molecule has 2 heterocycles. The molecule has 0 radical (unpaired) electrons. The Kier molecular flexibility index (Phi) is 4.01. The van der Waals surface area contributed by atoms with E-state index in [4.69, 9.17) is 4.98 Å². The number of anilines is 2. The summed E-state index contributed by atoms with van der Waals surface area (Å²) in [5, 5.41) is 1.98. The van der Waals surface area contributed by atoms with Crippen LogP contribution in [0.1, 0.15) is 5.56 Å². The van der Waals surface area contributed by atoms with Gasteiger partial charge in [0.05, 0.1) is 22.6 Å². The van der Waals surface area contributed by atoms with Gasteiger partial charge >= 0.3 is 15.6 Å². The Labute approximate surface area is 175 Å². The van der Waals surface area contributed by atoms with Crippen molar-refractivity contribution in [3.63, 3.8) is 0 Å². The number of fused-ring (bicyclic) bond motifs is 4. The van der Waals surface area contributed by atoms with E-state index in [1.807, 2.05) is 49.4 Å². The van der Waals surface area contributed by atoms with Crippen molar-refractivity contribution in [2.24, 2.45) is 0 Å². The van der Waals surface area contributed by atoms with Crippen molar-refractivity contribution in [3.05, 3.63) is 60.2 Å². The van der Waals surface area contributed by atoms with Gasteiger partial charge in [0, 0.05) is 29.4 Å². The van der Waals surface area contributed by atoms with Crippen LogP contribution in [0.2, 0.25) is 0 Å². The average molecular weight is 444 g/mol. The zero-order chi connectivity index (χ0) is 22.1. The fraction of sp³-hybridized carbons (Fsp3) is 0.136. The molecule has 0 unspecified atom stereocenters. The topological polar surface area (TPSA) is 59.5 Å². The molecule has 3 aromatic carbocycles. The van der Waals surface area contributed by atoms with Gasteiger partial charge in [-0.2, -0.15) is 21.6 Å². The summed E-state index contributed by atoms with van der Waals surface area (Å²) in [4.78, 5) is 6.62. The van der Waals surface area contributed by atoms with Crippen LogP contribution in [-0.2, 0) is 10.1 Å². The standard InChI is InChI=1S/C22H15F3N2O3S/c1-12-7-8-17-15(9-12)16-10-13(30-31(28,29)22(23,24)25)11-19-20(16)21(26-17)14-5-3-4-6-18(14)27(19)2/h3-11H,1-2H3. The van der Waals surface area contributed by atoms with Gasteiger partial charge in [-0.15, -0.1) is 0 Å². The minimum atomic E-state index is -5.81. The lowest BCUT2D eigenvalue weighted by Crippen LogP contribution is -2.28. The first-order valence-corrected chi connectivity index (χ1v) is 10.7. The molecule has 0 bridgehead atoms. The van der Waals surface area contributed by atoms with Crippen LogP contribution < -0.4 is 9.08 Å². The Hall–Kier alpha value is -3.33. The van der Waals surface area contributed by atoms with Crippen molar-refractivity contribution in [3.8, 4) is 17.0 Å². The summed E-state index contributed by atoms with van der Waals surface area (Å²) < 4.78 is 66.6. The zero-order valence-electron chi connectivity index (χ0n) is 16.4. The van der Waals surface area contributed by atoms with E-state index in [9.17, 15) is 21.6 Å². The third kappa shape index (κ3) is 2.91. The zero-order valence-corrected chi connectivity index (χ0v) is 17.2. The van der Waals surface area contributed by atoms with E-state index in [1.54, 1.807) is 11.9 Å². The molecule has 0 atom stereocenters. The van der Waals surface area contributed by atoms with Crippen LogP contribution >= 0.6 is 0 Å². The molecule has 0 saturated heterocycles. The molecule has 5 nitrogen and oxygen atoms in total. The number of pyridine rings is 1. The summed E-state index contributed by atoms with van der Waals surface area (Å²) in [6.45, 7) is 1.89. The Balaban J connectivity index is 1.90. The summed E-state index contributed by atoms with van der Waals surface area (Å²) in [6, 6.07) is 15.7. The van der Waals surface area contributed by atoms with Gasteiger partial charge in [0.1, 0.15) is 5.75 Å². The van der Waals surface area contributed by atoms with Crippen molar-refractivity contribution in [2.45, 2.75) is 12.4 Å². The maximum absolute atomic E-state index is 12.9. The summed E-state index contributed by atoms with van der Waals surface area (Å²) in [5.41, 5.74) is -1.08. The first-order valence-electron chi connectivity index (χ1n) is 9.29. The Morgan fingerprint density at radius 1 is 0.968 bits per heavy atom. The lowest BCUT2D eigenvalue weighted by atomic mass is 9.93. The minimum Gasteiger partial charge on any atom is -0.376 e. The normalized spacial score (nSPS) is 13.5. The van der Waals surface area contributed by atoms with Crippen LogP contribution in [0.3, 0.4) is 0 Å². The second kappa shape index (κ2) is 6.34. The molecule has 158 valence electrons. The van der Waals surface area contributed by atoms with Crippen molar-refractivity contribution >= 4 is 43.2 Å². The van der Waals surface area contributed by atoms with Gasteiger partial charge in [0.15, 0.2) is 0 Å². The third-order valence-corrected chi connectivity index (χ3v) is 6.35. The number of rotatable bonds is 2. The van der Waals surface area contributed by atoms with E-state index in [-0.39, 0.29) is 0 Å². The van der Waals surface area contributed by atoms with E-state index < -0.39 is 21.4 Å². The van der Waals surface area contributed by atoms with Gasteiger partial charge in [-0.3, -0.25) is 0 Å². The average Bonchev–Trinajstić information content (AvgIpc) is 2.70. The van der Waals surface area contributed by atoms with E-state index in [0.29, 0.717) is 27.7 Å². The molecule has 1 aliphatic heterocycles. The highest BCUT2D eigenvalue weighted by Gasteiger charge is 2.48. The van der Waals surface area contributed by atoms with Crippen LogP contribution in [-0.4, -0.2) is 26.0 Å². The fourth-order valence-corrected chi connectivity index (χ4v) is 4.42. The number of aryl methyl sites for hydroxylation is 1. The van der Waals surface area contributed by atoms with Crippen molar-refractivity contribution in [2.75, 3.05) is 11.9 Å². The molecule has 1 aromatic heterocycles. The van der Waals surface area contributed by atoms with Crippen molar-refractivity contribution in [1.29, 1.82) is 0 Å². The Morgan fingerprint density at radius 3 is 2.45 bits per heavy atom. The van der Waals surface area contributed by atoms with Crippen LogP contribution in [0.4, 0.5) is 24.5 Å². The van der Waals surface area contributed by atoms with Gasteiger partial charge in [0.25, 0.3) is 0 Å². The minimum absolute atomic E-state index is 0.411. The monoisotopic (exact) mass is 444 g/mol.